The van der Waals surface area contributed by atoms with E-state index < -0.39 is 0 Å². The maximum Gasteiger partial charge on any atom is 0.285 e. The van der Waals surface area contributed by atoms with Crippen LogP contribution in [0.3, 0.4) is 0 Å². The number of aromatic nitrogens is 1. The number of thioether (sulfide) groups is 1. The molecule has 2 amide bonds. The first kappa shape index (κ1) is 21.7. The summed E-state index contributed by atoms with van der Waals surface area (Å²) in [6, 6.07) is 12.1. The molecule has 3 rings (SSSR count). The van der Waals surface area contributed by atoms with Gasteiger partial charge in [-0.05, 0) is 54.2 Å². The fourth-order valence-electron chi connectivity index (χ4n) is 2.39. The van der Waals surface area contributed by atoms with Crippen molar-refractivity contribution >= 4 is 39.9 Å². The Kier molecular flexibility index (Phi) is 7.31. The number of amides is 2. The molecule has 0 atom stereocenters. The van der Waals surface area contributed by atoms with Crippen molar-refractivity contribution < 1.29 is 19.1 Å². The molecule has 7 nitrogen and oxygen atoms in total. The van der Waals surface area contributed by atoms with E-state index in [1.54, 1.807) is 62.1 Å². The number of benzene rings is 2. The van der Waals surface area contributed by atoms with Gasteiger partial charge in [-0.2, -0.15) is 0 Å². The maximum absolute atomic E-state index is 12.6. The lowest BCUT2D eigenvalue weighted by atomic mass is 10.2. The first-order valence-electron chi connectivity index (χ1n) is 8.94. The van der Waals surface area contributed by atoms with Gasteiger partial charge in [0.05, 0.1) is 18.3 Å². The largest absolute Gasteiger partial charge is 0.493 e. The number of methoxy groups -OCH3 is 1. The van der Waals surface area contributed by atoms with Crippen LogP contribution >= 0.6 is 23.1 Å². The monoisotopic (exact) mass is 443 g/mol. The van der Waals surface area contributed by atoms with Crippen LogP contribution in [0, 0.1) is 0 Å². The lowest BCUT2D eigenvalue weighted by Gasteiger charge is -2.12. The van der Waals surface area contributed by atoms with E-state index in [1.807, 2.05) is 5.38 Å². The average Bonchev–Trinajstić information content (AvgIpc) is 3.27. The molecule has 2 aromatic carbocycles. The van der Waals surface area contributed by atoms with E-state index in [0.717, 1.165) is 22.4 Å². The summed E-state index contributed by atoms with van der Waals surface area (Å²) in [7, 11) is 4.93. The van der Waals surface area contributed by atoms with Gasteiger partial charge in [0.15, 0.2) is 11.5 Å². The Morgan fingerprint density at radius 2 is 1.90 bits per heavy atom. The minimum absolute atomic E-state index is 0.0593. The molecule has 0 fully saturated rings. The van der Waals surface area contributed by atoms with Gasteiger partial charge in [-0.15, -0.1) is 11.3 Å². The topological polar surface area (TPSA) is 80.8 Å². The summed E-state index contributed by atoms with van der Waals surface area (Å²) in [5.41, 5.74) is 3.64. The molecule has 156 valence electrons. The van der Waals surface area contributed by atoms with Crippen LogP contribution in [0.1, 0.15) is 16.1 Å². The average molecular weight is 444 g/mol. The number of hydrogen-bond donors (Lipinski definition) is 1. The number of hydrogen-bond acceptors (Lipinski definition) is 7. The van der Waals surface area contributed by atoms with Gasteiger partial charge in [0.1, 0.15) is 6.61 Å². The van der Waals surface area contributed by atoms with Crippen molar-refractivity contribution in [2.75, 3.05) is 26.5 Å². The van der Waals surface area contributed by atoms with E-state index in [-0.39, 0.29) is 11.1 Å². The third-order valence-corrected chi connectivity index (χ3v) is 5.65. The molecule has 0 spiro atoms. The van der Waals surface area contributed by atoms with E-state index in [1.165, 1.54) is 23.3 Å². The quantitative estimate of drug-likeness (QED) is 0.531. The summed E-state index contributed by atoms with van der Waals surface area (Å²) in [6.45, 7) is 0.325. The highest BCUT2D eigenvalue weighted by Gasteiger charge is 2.13. The van der Waals surface area contributed by atoms with Crippen molar-refractivity contribution in [1.82, 2.24) is 9.88 Å². The number of carbonyl (C=O) groups excluding carboxylic acids is 2. The highest BCUT2D eigenvalue weighted by molar-refractivity contribution is 8.13. The molecule has 0 saturated heterocycles. The zero-order chi connectivity index (χ0) is 21.5. The van der Waals surface area contributed by atoms with Gasteiger partial charge in [0.2, 0.25) is 0 Å². The Hall–Kier alpha value is -3.04. The van der Waals surface area contributed by atoms with Crippen molar-refractivity contribution in [2.45, 2.75) is 11.5 Å². The van der Waals surface area contributed by atoms with Crippen LogP contribution in [0.15, 0.2) is 58.3 Å². The molecular weight excluding hydrogens is 422 g/mol. The van der Waals surface area contributed by atoms with Crippen molar-refractivity contribution in [1.29, 1.82) is 0 Å². The molecule has 30 heavy (non-hydrogen) atoms. The van der Waals surface area contributed by atoms with Crippen LogP contribution in [-0.4, -0.2) is 42.2 Å². The normalized spacial score (nSPS) is 10.4. The second kappa shape index (κ2) is 10.1. The molecule has 1 aromatic heterocycles. The molecule has 0 radical (unpaired) electrons. The molecule has 0 unspecified atom stereocenters. The molecule has 3 aromatic rings. The van der Waals surface area contributed by atoms with Crippen LogP contribution in [-0.2, 0) is 6.61 Å². The molecule has 0 saturated carbocycles. The summed E-state index contributed by atoms with van der Waals surface area (Å²) in [5.74, 6) is 0.727. The van der Waals surface area contributed by atoms with Crippen molar-refractivity contribution in [2.24, 2.45) is 0 Å². The van der Waals surface area contributed by atoms with Gasteiger partial charge in [-0.1, -0.05) is 0 Å². The van der Waals surface area contributed by atoms with Crippen molar-refractivity contribution in [3.63, 3.8) is 0 Å². The fourth-order valence-corrected chi connectivity index (χ4v) is 3.59. The van der Waals surface area contributed by atoms with E-state index in [0.29, 0.717) is 29.4 Å². The number of nitrogens with zero attached hydrogens (tertiary/aromatic N) is 2. The van der Waals surface area contributed by atoms with Crippen LogP contribution in [0.5, 0.6) is 11.5 Å². The molecule has 0 aliphatic heterocycles. The second-order valence-corrected chi connectivity index (χ2v) is 8.12. The first-order chi connectivity index (χ1) is 14.5. The Morgan fingerprint density at radius 3 is 2.53 bits per heavy atom. The predicted molar refractivity (Wildman–Crippen MR) is 119 cm³/mol. The van der Waals surface area contributed by atoms with Crippen molar-refractivity contribution in [3.8, 4) is 11.5 Å². The summed E-state index contributed by atoms with van der Waals surface area (Å²) in [5, 5.41) is 4.69. The smallest absolute Gasteiger partial charge is 0.285 e. The highest BCUT2D eigenvalue weighted by Crippen LogP contribution is 2.29. The van der Waals surface area contributed by atoms with Crippen LogP contribution in [0.4, 0.5) is 10.5 Å². The van der Waals surface area contributed by atoms with E-state index in [9.17, 15) is 9.59 Å². The number of anilines is 1. The molecule has 1 heterocycles. The minimum Gasteiger partial charge on any atom is -0.493 e. The zero-order valence-corrected chi connectivity index (χ0v) is 18.4. The number of nitrogens with one attached hydrogen (secondary N) is 1. The van der Waals surface area contributed by atoms with E-state index >= 15 is 0 Å². The Morgan fingerprint density at radius 1 is 1.13 bits per heavy atom. The Balaban J connectivity index is 1.64. The van der Waals surface area contributed by atoms with Gasteiger partial charge in [-0.3, -0.25) is 9.59 Å². The number of carbonyl (C=O) groups is 2. The summed E-state index contributed by atoms with van der Waals surface area (Å²) >= 11 is 2.63. The van der Waals surface area contributed by atoms with Crippen LogP contribution < -0.4 is 14.8 Å². The van der Waals surface area contributed by atoms with E-state index in [4.69, 9.17) is 9.47 Å². The van der Waals surface area contributed by atoms with Crippen molar-refractivity contribution in [3.05, 3.63) is 64.6 Å². The zero-order valence-electron chi connectivity index (χ0n) is 16.7. The number of ether oxygens (including phenoxy) is 2. The first-order valence-corrected chi connectivity index (χ1v) is 10.7. The second-order valence-electron chi connectivity index (χ2n) is 6.37. The van der Waals surface area contributed by atoms with Gasteiger partial charge >= 0.3 is 0 Å². The fraction of sp³-hybridized carbons (Fsp3) is 0.190. The lowest BCUT2D eigenvalue weighted by Crippen LogP contribution is -2.16. The van der Waals surface area contributed by atoms with Gasteiger partial charge < -0.3 is 19.7 Å². The van der Waals surface area contributed by atoms with Crippen LogP contribution in [0.25, 0.3) is 0 Å². The van der Waals surface area contributed by atoms with Gasteiger partial charge in [0, 0.05) is 35.6 Å². The maximum atomic E-state index is 12.6. The molecule has 0 bridgehead atoms. The SMILES string of the molecule is COc1cc(C(=O)Nc2ccc(SC(=O)N(C)C)cc2)ccc1OCc1cscn1. The molecule has 9 heteroatoms. The summed E-state index contributed by atoms with van der Waals surface area (Å²) in [6.07, 6.45) is 0. The number of thiazole rings is 1. The molecule has 0 aliphatic rings. The third-order valence-electron chi connectivity index (χ3n) is 3.97. The lowest BCUT2D eigenvalue weighted by molar-refractivity contribution is 0.102. The highest BCUT2D eigenvalue weighted by atomic mass is 32.2. The third kappa shape index (κ3) is 5.74. The minimum atomic E-state index is -0.274. The Bertz CT molecular complexity index is 1010. The predicted octanol–water partition coefficient (Wildman–Crippen LogP) is 4.76. The summed E-state index contributed by atoms with van der Waals surface area (Å²) < 4.78 is 11.1. The van der Waals surface area contributed by atoms with E-state index in [2.05, 4.69) is 10.3 Å². The van der Waals surface area contributed by atoms with Gasteiger partial charge in [0.25, 0.3) is 11.1 Å². The number of rotatable bonds is 7. The van der Waals surface area contributed by atoms with Gasteiger partial charge in [-0.25, -0.2) is 4.98 Å². The Labute approximate surface area is 183 Å². The van der Waals surface area contributed by atoms with Crippen LogP contribution in [0.2, 0.25) is 0 Å². The standard InChI is InChI=1S/C21H21N3O4S2/c1-24(2)21(26)30-17-7-5-15(6-8-17)23-20(25)14-4-9-18(19(10-14)27-3)28-11-16-12-29-13-22-16/h4-10,12-13H,11H2,1-3H3,(H,23,25). The summed E-state index contributed by atoms with van der Waals surface area (Å²) in [4.78, 5) is 30.9. The molecule has 1 N–H and O–H groups in total. The molecular formula is C21H21N3O4S2. The molecule has 0 aliphatic carbocycles.